The number of ether oxygens (including phenoxy) is 1. The second-order valence-electron chi connectivity index (χ2n) is 15.9. The average Bonchev–Trinajstić information content (AvgIpc) is 4.08. The average molecular weight is 755 g/mol. The number of alkyl carbamates (subject to hydrolysis) is 1. The van der Waals surface area contributed by atoms with Crippen LogP contribution >= 0.6 is 0 Å². The van der Waals surface area contributed by atoms with Crippen LogP contribution in [0.3, 0.4) is 0 Å². The largest absolute Gasteiger partial charge is 0.453 e. The number of carbonyl (C=O) groups is 3. The molecule has 0 spiro atoms. The van der Waals surface area contributed by atoms with Crippen LogP contribution in [0.4, 0.5) is 10.5 Å². The number of methoxy groups -OCH3 is 1. The van der Waals surface area contributed by atoms with Crippen LogP contribution in [0.5, 0.6) is 0 Å². The molecule has 3 heterocycles. The van der Waals surface area contributed by atoms with E-state index in [4.69, 9.17) is 15.5 Å². The van der Waals surface area contributed by atoms with Gasteiger partial charge in [-0.15, -0.1) is 0 Å². The molecule has 3 aromatic carbocycles. The number of nitrogens with two attached hydrogens (primary N) is 1. The number of hydrogen-bond donors (Lipinski definition) is 5. The summed E-state index contributed by atoms with van der Waals surface area (Å²) in [5, 5.41) is 5.90. The highest BCUT2D eigenvalue weighted by Gasteiger charge is 2.52. The van der Waals surface area contributed by atoms with Gasteiger partial charge in [-0.3, -0.25) is 9.59 Å². The molecule has 290 valence electrons. The van der Waals surface area contributed by atoms with Crippen LogP contribution in [0, 0.1) is 23.7 Å². The maximum Gasteiger partial charge on any atom is 0.407 e. The third-order valence-electron chi connectivity index (χ3n) is 12.1. The molecule has 1 saturated heterocycles. The van der Waals surface area contributed by atoms with E-state index in [9.17, 15) is 14.4 Å². The number of H-pyrrole nitrogens is 2. The molecule has 12 heteroatoms. The number of amides is 3. The summed E-state index contributed by atoms with van der Waals surface area (Å²) >= 11 is 0. The molecule has 3 amide bonds. The number of aromatic amines is 2. The number of fused-ring (bicyclic) bond motifs is 2. The van der Waals surface area contributed by atoms with Crippen LogP contribution in [-0.2, 0) is 20.9 Å². The molecule has 6 atom stereocenters. The normalized spacial score (nSPS) is 22.0. The highest BCUT2D eigenvalue weighted by molar-refractivity contribution is 5.86. The van der Waals surface area contributed by atoms with Gasteiger partial charge in [-0.2, -0.15) is 0 Å². The van der Waals surface area contributed by atoms with Gasteiger partial charge in [-0.1, -0.05) is 74.5 Å². The van der Waals surface area contributed by atoms with Crippen LogP contribution in [-0.4, -0.2) is 62.4 Å². The van der Waals surface area contributed by atoms with Gasteiger partial charge in [0.1, 0.15) is 17.7 Å². The van der Waals surface area contributed by atoms with E-state index in [-0.39, 0.29) is 35.6 Å². The van der Waals surface area contributed by atoms with Crippen LogP contribution in [0.25, 0.3) is 33.6 Å². The van der Waals surface area contributed by atoms with Gasteiger partial charge in [0.15, 0.2) is 0 Å². The van der Waals surface area contributed by atoms with Crippen molar-refractivity contribution in [2.75, 3.05) is 19.4 Å². The molecule has 4 unspecified atom stereocenters. The first kappa shape index (κ1) is 37.0. The van der Waals surface area contributed by atoms with Gasteiger partial charge in [0.05, 0.1) is 42.9 Å². The fourth-order valence-corrected chi connectivity index (χ4v) is 9.19. The number of likely N-dealkylation sites (tertiary alicyclic amines) is 1. The number of nitrogen functional groups attached to an aromatic ring is 1. The Morgan fingerprint density at radius 2 is 1.41 bits per heavy atom. The van der Waals surface area contributed by atoms with E-state index in [0.29, 0.717) is 30.6 Å². The Morgan fingerprint density at radius 3 is 2.04 bits per heavy atom. The lowest BCUT2D eigenvalue weighted by atomic mass is 9.78. The van der Waals surface area contributed by atoms with Crippen LogP contribution in [0.15, 0.2) is 85.2 Å². The highest BCUT2D eigenvalue weighted by atomic mass is 16.5. The van der Waals surface area contributed by atoms with Crippen molar-refractivity contribution in [3.63, 3.8) is 0 Å². The predicted molar refractivity (Wildman–Crippen MR) is 215 cm³/mol. The Hall–Kier alpha value is -5.91. The van der Waals surface area contributed by atoms with Crippen molar-refractivity contribution >= 4 is 23.6 Å². The van der Waals surface area contributed by atoms with Crippen molar-refractivity contribution in [2.24, 2.45) is 23.7 Å². The lowest BCUT2D eigenvalue weighted by molar-refractivity contribution is -0.135. The van der Waals surface area contributed by atoms with Gasteiger partial charge in [0.2, 0.25) is 11.8 Å². The summed E-state index contributed by atoms with van der Waals surface area (Å²) in [5.74, 6) is 2.39. The molecule has 5 aromatic rings. The molecular weight excluding hydrogens is 705 g/mol. The van der Waals surface area contributed by atoms with E-state index >= 15 is 0 Å². The number of anilines is 1. The molecule has 6 N–H and O–H groups in total. The second kappa shape index (κ2) is 15.7. The van der Waals surface area contributed by atoms with E-state index in [1.165, 1.54) is 7.11 Å². The molecule has 3 fully saturated rings. The monoisotopic (exact) mass is 754 g/mol. The standard InChI is InChI=1S/C44H50N8O4/c1-25(2)39(51-44(55)56-3)43(54)52-20-4-5-36(52)40-46-23-34(49-40)29-12-8-27(9-13-29)28-10-14-30(15-11-28)35-24-47-41(50-35)37-31-16-17-32(21-31)38(37)42(53)48-22-26-6-18-33(45)19-7-26/h6-15,18-19,23-25,31-32,36-39H,4-5,16-17,20-22,45H2,1-3H3,(H,46,49)(H,47,50)(H,48,53)(H,51,55)/t31?,32?,36-,37?,38?,39-/m0/s1. The van der Waals surface area contributed by atoms with Crippen molar-refractivity contribution in [1.29, 1.82) is 0 Å². The Balaban J connectivity index is 0.914. The van der Waals surface area contributed by atoms with Crippen LogP contribution in [0.1, 0.15) is 75.1 Å². The molecule has 0 radical (unpaired) electrons. The number of carbonyl (C=O) groups excluding carboxylic acids is 3. The first-order valence-electron chi connectivity index (χ1n) is 19.7. The molecule has 56 heavy (non-hydrogen) atoms. The summed E-state index contributed by atoms with van der Waals surface area (Å²) in [6.07, 6.45) is 8.06. The Morgan fingerprint density at radius 1 is 0.821 bits per heavy atom. The topological polar surface area (TPSA) is 171 Å². The maximum absolute atomic E-state index is 13.6. The van der Waals surface area contributed by atoms with Crippen molar-refractivity contribution in [1.82, 2.24) is 35.5 Å². The number of aromatic nitrogens is 4. The van der Waals surface area contributed by atoms with Crippen molar-refractivity contribution < 1.29 is 19.1 Å². The molecule has 2 saturated carbocycles. The summed E-state index contributed by atoms with van der Waals surface area (Å²) in [6.45, 7) is 4.91. The summed E-state index contributed by atoms with van der Waals surface area (Å²) in [5.41, 5.74) is 13.6. The first-order valence-corrected chi connectivity index (χ1v) is 19.7. The molecule has 12 nitrogen and oxygen atoms in total. The third-order valence-corrected chi connectivity index (χ3v) is 12.1. The maximum atomic E-state index is 13.6. The number of imidazole rings is 2. The van der Waals surface area contributed by atoms with Gasteiger partial charge in [0.25, 0.3) is 0 Å². The van der Waals surface area contributed by atoms with Crippen molar-refractivity contribution in [3.8, 4) is 33.6 Å². The van der Waals surface area contributed by atoms with E-state index in [1.54, 1.807) is 0 Å². The lowest BCUT2D eigenvalue weighted by Gasteiger charge is -2.30. The Labute approximate surface area is 327 Å². The molecular formula is C44H50N8O4. The number of rotatable bonds is 11. The summed E-state index contributed by atoms with van der Waals surface area (Å²) in [4.78, 5) is 57.5. The van der Waals surface area contributed by atoms with E-state index in [1.807, 2.05) is 55.4 Å². The van der Waals surface area contributed by atoms with E-state index in [0.717, 1.165) is 83.0 Å². The molecule has 3 aliphatic rings. The minimum Gasteiger partial charge on any atom is -0.453 e. The third kappa shape index (κ3) is 7.39. The minimum absolute atomic E-state index is 0.0823. The quantitative estimate of drug-likeness (QED) is 0.0888. The summed E-state index contributed by atoms with van der Waals surface area (Å²) in [7, 11) is 1.30. The molecule has 2 aliphatic carbocycles. The SMILES string of the molecule is COC(=O)N[C@H](C(=O)N1CCC[C@H]1c1ncc(-c2ccc(-c3ccc(-c4cnc(C5C6CCC(C6)C5C(=O)NCc5ccc(N)cc5)[nH]4)cc3)cc2)[nH]1)C(C)C. The van der Waals surface area contributed by atoms with Crippen LogP contribution in [0.2, 0.25) is 0 Å². The molecule has 2 aromatic heterocycles. The number of nitrogens with one attached hydrogen (secondary N) is 4. The van der Waals surface area contributed by atoms with Crippen LogP contribution < -0.4 is 16.4 Å². The smallest absolute Gasteiger partial charge is 0.407 e. The van der Waals surface area contributed by atoms with Crippen molar-refractivity contribution in [3.05, 3.63) is 102 Å². The highest BCUT2D eigenvalue weighted by Crippen LogP contribution is 2.56. The zero-order valence-electron chi connectivity index (χ0n) is 32.1. The van der Waals surface area contributed by atoms with Gasteiger partial charge in [-0.05, 0) is 89.8 Å². The summed E-state index contributed by atoms with van der Waals surface area (Å²) < 4.78 is 4.76. The molecule has 8 rings (SSSR count). The number of nitrogens with zero attached hydrogens (tertiary/aromatic N) is 3. The Bertz CT molecular complexity index is 2180. The summed E-state index contributed by atoms with van der Waals surface area (Å²) in [6, 6.07) is 23.6. The van der Waals surface area contributed by atoms with Gasteiger partial charge in [0, 0.05) is 24.7 Å². The van der Waals surface area contributed by atoms with Gasteiger partial charge >= 0.3 is 6.09 Å². The van der Waals surface area contributed by atoms with E-state index in [2.05, 4.69) is 74.1 Å². The van der Waals surface area contributed by atoms with Gasteiger partial charge < -0.3 is 36.0 Å². The zero-order chi connectivity index (χ0) is 38.9. The molecule has 1 aliphatic heterocycles. The fourth-order valence-electron chi connectivity index (χ4n) is 9.19. The minimum atomic E-state index is -0.678. The number of benzene rings is 3. The fraction of sp³-hybridized carbons (Fsp3) is 0.386. The number of hydrogen-bond acceptors (Lipinski definition) is 7. The lowest BCUT2D eigenvalue weighted by Crippen LogP contribution is -2.51. The zero-order valence-corrected chi connectivity index (χ0v) is 32.1. The first-order chi connectivity index (χ1) is 27.2. The Kier molecular flexibility index (Phi) is 10.4. The predicted octanol–water partition coefficient (Wildman–Crippen LogP) is 7.21. The van der Waals surface area contributed by atoms with E-state index < -0.39 is 12.1 Å². The van der Waals surface area contributed by atoms with Gasteiger partial charge in [-0.25, -0.2) is 14.8 Å². The second-order valence-corrected chi connectivity index (χ2v) is 15.9. The molecule has 2 bridgehead atoms. The van der Waals surface area contributed by atoms with Crippen molar-refractivity contribution in [2.45, 2.75) is 70.5 Å².